The van der Waals surface area contributed by atoms with Gasteiger partial charge in [-0.3, -0.25) is 0 Å². The molecule has 34 heavy (non-hydrogen) atoms. The SMILES string of the molecule is Cc1ccc([C@H](CSC(c2ccccc2)(c2ccccc2)c2ccccc2)CN(C)C)c(C)c1. The average Bonchev–Trinajstić information content (AvgIpc) is 2.86. The van der Waals surface area contributed by atoms with Crippen molar-refractivity contribution in [3.63, 3.8) is 0 Å². The molecule has 0 aromatic heterocycles. The lowest BCUT2D eigenvalue weighted by atomic mass is 9.84. The van der Waals surface area contributed by atoms with Crippen molar-refractivity contribution in [3.05, 3.63) is 143 Å². The van der Waals surface area contributed by atoms with E-state index in [1.165, 1.54) is 33.4 Å². The van der Waals surface area contributed by atoms with E-state index in [-0.39, 0.29) is 4.75 Å². The Morgan fingerprint density at radius 3 is 1.56 bits per heavy atom. The minimum atomic E-state index is -0.285. The number of hydrogen-bond acceptors (Lipinski definition) is 2. The summed E-state index contributed by atoms with van der Waals surface area (Å²) < 4.78 is -0.285. The molecule has 4 aromatic carbocycles. The lowest BCUT2D eigenvalue weighted by molar-refractivity contribution is 0.384. The van der Waals surface area contributed by atoms with Crippen LogP contribution in [-0.2, 0) is 4.75 Å². The smallest absolute Gasteiger partial charge is 0.0907 e. The van der Waals surface area contributed by atoms with Crippen molar-refractivity contribution in [1.29, 1.82) is 0 Å². The van der Waals surface area contributed by atoms with Crippen LogP contribution >= 0.6 is 11.8 Å². The molecule has 0 saturated carbocycles. The van der Waals surface area contributed by atoms with Gasteiger partial charge in [0.1, 0.15) is 0 Å². The van der Waals surface area contributed by atoms with Gasteiger partial charge in [-0.1, -0.05) is 115 Å². The fraction of sp³-hybridized carbons (Fsp3) is 0.250. The number of benzene rings is 4. The molecule has 0 fully saturated rings. The summed E-state index contributed by atoms with van der Waals surface area (Å²) in [5.41, 5.74) is 8.13. The summed E-state index contributed by atoms with van der Waals surface area (Å²) in [6.07, 6.45) is 0. The summed E-state index contributed by atoms with van der Waals surface area (Å²) in [5, 5.41) is 0. The Balaban J connectivity index is 1.83. The summed E-state index contributed by atoms with van der Waals surface area (Å²) in [5.74, 6) is 1.44. The van der Waals surface area contributed by atoms with Crippen LogP contribution in [0.15, 0.2) is 109 Å². The van der Waals surface area contributed by atoms with Crippen LogP contribution in [-0.4, -0.2) is 31.3 Å². The molecule has 0 heterocycles. The summed E-state index contributed by atoms with van der Waals surface area (Å²) >= 11 is 2.06. The van der Waals surface area contributed by atoms with E-state index in [0.29, 0.717) is 5.92 Å². The van der Waals surface area contributed by atoms with E-state index in [1.807, 2.05) is 0 Å². The quantitative estimate of drug-likeness (QED) is 0.233. The largest absolute Gasteiger partial charge is 0.309 e. The monoisotopic (exact) mass is 465 g/mol. The minimum absolute atomic E-state index is 0.285. The van der Waals surface area contributed by atoms with Crippen molar-refractivity contribution in [2.24, 2.45) is 0 Å². The summed E-state index contributed by atoms with van der Waals surface area (Å²) in [6, 6.07) is 39.9. The topological polar surface area (TPSA) is 3.24 Å². The second kappa shape index (κ2) is 11.1. The predicted octanol–water partition coefficient (Wildman–Crippen LogP) is 7.67. The van der Waals surface area contributed by atoms with E-state index in [1.54, 1.807) is 0 Å². The number of thioether (sulfide) groups is 1. The van der Waals surface area contributed by atoms with Crippen LogP contribution in [0.1, 0.15) is 39.3 Å². The van der Waals surface area contributed by atoms with E-state index in [0.717, 1.165) is 12.3 Å². The summed E-state index contributed by atoms with van der Waals surface area (Å²) in [6.45, 7) is 5.46. The van der Waals surface area contributed by atoms with Crippen LogP contribution in [0.4, 0.5) is 0 Å². The third-order valence-electron chi connectivity index (χ3n) is 6.49. The lowest BCUT2D eigenvalue weighted by Gasteiger charge is -2.37. The average molecular weight is 466 g/mol. The molecule has 0 radical (unpaired) electrons. The standard InChI is InChI=1S/C32H35NS/c1-25-20-21-31(26(2)22-25)27(23-33(3)4)24-34-32(28-14-8-5-9-15-28,29-16-10-6-11-17-29)30-18-12-7-13-19-30/h5-22,27H,23-24H2,1-4H3/t27-/m0/s1. The number of hydrogen-bond donors (Lipinski definition) is 0. The van der Waals surface area contributed by atoms with Gasteiger partial charge < -0.3 is 4.90 Å². The molecule has 0 spiro atoms. The lowest BCUT2D eigenvalue weighted by Crippen LogP contribution is -2.29. The Bertz CT molecular complexity index is 1070. The molecule has 0 N–H and O–H groups in total. The number of rotatable bonds is 9. The van der Waals surface area contributed by atoms with Gasteiger partial charge in [0.2, 0.25) is 0 Å². The van der Waals surface area contributed by atoms with Crippen molar-refractivity contribution in [2.45, 2.75) is 24.5 Å². The molecule has 0 saturated heterocycles. The highest BCUT2D eigenvalue weighted by Gasteiger charge is 2.37. The van der Waals surface area contributed by atoms with Gasteiger partial charge in [-0.15, -0.1) is 11.8 Å². The van der Waals surface area contributed by atoms with Gasteiger partial charge in [0, 0.05) is 18.2 Å². The first-order valence-corrected chi connectivity index (χ1v) is 13.0. The first-order chi connectivity index (χ1) is 16.5. The van der Waals surface area contributed by atoms with Gasteiger partial charge in [-0.2, -0.15) is 0 Å². The van der Waals surface area contributed by atoms with Crippen LogP contribution in [0.5, 0.6) is 0 Å². The van der Waals surface area contributed by atoms with Crippen molar-refractivity contribution < 1.29 is 0 Å². The number of likely N-dealkylation sites (N-methyl/N-ethyl adjacent to an activating group) is 1. The minimum Gasteiger partial charge on any atom is -0.309 e. The number of nitrogens with zero attached hydrogens (tertiary/aromatic N) is 1. The number of aryl methyl sites for hydroxylation is 2. The molecule has 2 heteroatoms. The Morgan fingerprint density at radius 2 is 1.15 bits per heavy atom. The van der Waals surface area contributed by atoms with Crippen LogP contribution in [0.25, 0.3) is 0 Å². The molecule has 4 rings (SSSR count). The third-order valence-corrected chi connectivity index (χ3v) is 8.20. The van der Waals surface area contributed by atoms with Gasteiger partial charge in [0.25, 0.3) is 0 Å². The Morgan fingerprint density at radius 1 is 0.676 bits per heavy atom. The third kappa shape index (κ3) is 5.29. The van der Waals surface area contributed by atoms with Crippen LogP contribution in [0.3, 0.4) is 0 Å². The molecule has 4 aromatic rings. The van der Waals surface area contributed by atoms with Crippen molar-refractivity contribution in [1.82, 2.24) is 4.90 Å². The van der Waals surface area contributed by atoms with Gasteiger partial charge in [0.15, 0.2) is 0 Å². The Hall–Kier alpha value is -2.81. The zero-order valence-electron chi connectivity index (χ0n) is 20.7. The fourth-order valence-corrected chi connectivity index (χ4v) is 6.60. The van der Waals surface area contributed by atoms with Gasteiger partial charge in [-0.25, -0.2) is 0 Å². The molecule has 174 valence electrons. The van der Waals surface area contributed by atoms with Crippen molar-refractivity contribution in [3.8, 4) is 0 Å². The molecular formula is C32H35NS. The fourth-order valence-electron chi connectivity index (χ4n) is 4.96. The van der Waals surface area contributed by atoms with Crippen LogP contribution < -0.4 is 0 Å². The van der Waals surface area contributed by atoms with E-state index >= 15 is 0 Å². The molecule has 1 nitrogen and oxygen atoms in total. The molecule has 0 bridgehead atoms. The zero-order valence-corrected chi connectivity index (χ0v) is 21.6. The van der Waals surface area contributed by atoms with E-state index in [4.69, 9.17) is 0 Å². The second-order valence-corrected chi connectivity index (χ2v) is 10.6. The molecule has 0 aliphatic rings. The second-order valence-electron chi connectivity index (χ2n) is 9.41. The molecule has 0 amide bonds. The van der Waals surface area contributed by atoms with Crippen molar-refractivity contribution in [2.75, 3.05) is 26.4 Å². The maximum atomic E-state index is 2.34. The van der Waals surface area contributed by atoms with Gasteiger partial charge in [-0.05, 0) is 55.8 Å². The maximum Gasteiger partial charge on any atom is 0.0907 e. The molecule has 0 unspecified atom stereocenters. The summed E-state index contributed by atoms with van der Waals surface area (Å²) in [4.78, 5) is 2.32. The highest BCUT2D eigenvalue weighted by Crippen LogP contribution is 2.49. The van der Waals surface area contributed by atoms with E-state index in [9.17, 15) is 0 Å². The van der Waals surface area contributed by atoms with Gasteiger partial charge in [0.05, 0.1) is 4.75 Å². The molecule has 0 aliphatic carbocycles. The predicted molar refractivity (Wildman–Crippen MR) is 149 cm³/mol. The maximum absolute atomic E-state index is 2.34. The highest BCUT2D eigenvalue weighted by molar-refractivity contribution is 8.00. The normalized spacial score (nSPS) is 12.6. The first kappa shape index (κ1) is 24.3. The highest BCUT2D eigenvalue weighted by atomic mass is 32.2. The van der Waals surface area contributed by atoms with E-state index < -0.39 is 0 Å². The van der Waals surface area contributed by atoms with Gasteiger partial charge >= 0.3 is 0 Å². The molecular weight excluding hydrogens is 430 g/mol. The summed E-state index contributed by atoms with van der Waals surface area (Å²) in [7, 11) is 4.36. The van der Waals surface area contributed by atoms with Crippen LogP contribution in [0, 0.1) is 13.8 Å². The zero-order chi connectivity index (χ0) is 24.0. The van der Waals surface area contributed by atoms with Crippen molar-refractivity contribution >= 4 is 11.8 Å². The van der Waals surface area contributed by atoms with E-state index in [2.05, 4.69) is 154 Å². The molecule has 0 aliphatic heterocycles. The molecule has 1 atom stereocenters. The van der Waals surface area contributed by atoms with Crippen LogP contribution in [0.2, 0.25) is 0 Å². The Labute approximate surface area is 209 Å². The Kier molecular flexibility index (Phi) is 7.92. The first-order valence-electron chi connectivity index (χ1n) is 12.0.